The third kappa shape index (κ3) is 2.93. The molecule has 2 unspecified atom stereocenters. The number of nitrogens with two attached hydrogens (primary N) is 1. The van der Waals surface area contributed by atoms with E-state index < -0.39 is 0 Å². The molecule has 0 bridgehead atoms. The van der Waals surface area contributed by atoms with Crippen molar-refractivity contribution in [3.05, 3.63) is 0 Å². The molecule has 2 heterocycles. The predicted octanol–water partition coefficient (Wildman–Crippen LogP) is -0.212. The molecule has 2 atom stereocenters. The number of rotatable bonds is 3. The summed E-state index contributed by atoms with van der Waals surface area (Å²) in [6.07, 6.45) is 3.25. The Bertz CT molecular complexity index is 241. The Morgan fingerprint density at radius 3 is 2.62 bits per heavy atom. The maximum Gasteiger partial charge on any atom is 0.249 e. The molecule has 2 aliphatic rings. The third-order valence-corrected chi connectivity index (χ3v) is 3.23. The van der Waals surface area contributed by atoms with E-state index in [1.165, 1.54) is 0 Å². The molecular formula is C11H20N2O3. The average Bonchev–Trinajstić information content (AvgIpc) is 2.79. The zero-order chi connectivity index (χ0) is 11.4. The average molecular weight is 228 g/mol. The fourth-order valence-corrected chi connectivity index (χ4v) is 2.21. The second-order valence-corrected chi connectivity index (χ2v) is 4.46. The van der Waals surface area contributed by atoms with Crippen molar-refractivity contribution < 1.29 is 14.3 Å². The van der Waals surface area contributed by atoms with E-state index in [4.69, 9.17) is 15.2 Å². The van der Waals surface area contributed by atoms with Gasteiger partial charge in [0.2, 0.25) is 5.91 Å². The highest BCUT2D eigenvalue weighted by Crippen LogP contribution is 2.19. The summed E-state index contributed by atoms with van der Waals surface area (Å²) in [7, 11) is 0. The maximum absolute atomic E-state index is 11.9. The van der Waals surface area contributed by atoms with Crippen molar-refractivity contribution in [1.29, 1.82) is 0 Å². The van der Waals surface area contributed by atoms with Gasteiger partial charge >= 0.3 is 0 Å². The summed E-state index contributed by atoms with van der Waals surface area (Å²) in [5, 5.41) is 3.02. The molecule has 5 nitrogen and oxygen atoms in total. The molecule has 0 spiro atoms. The highest BCUT2D eigenvalue weighted by atomic mass is 16.5. The number of carbonyl (C=O) groups is 1. The molecule has 1 amide bonds. The van der Waals surface area contributed by atoms with Gasteiger partial charge in [0.25, 0.3) is 0 Å². The second-order valence-electron chi connectivity index (χ2n) is 4.46. The van der Waals surface area contributed by atoms with Gasteiger partial charge in [0.1, 0.15) is 6.10 Å². The lowest BCUT2D eigenvalue weighted by atomic mass is 10.1. The Labute approximate surface area is 95.7 Å². The normalized spacial score (nSPS) is 31.6. The molecule has 2 rings (SSSR count). The standard InChI is InChI=1S/C11H20N2O3/c12-7-9-1-2-10(16-9)11(14)13-8-3-5-15-6-4-8/h8-10H,1-7,12H2,(H,13,14). The zero-order valence-electron chi connectivity index (χ0n) is 9.48. The van der Waals surface area contributed by atoms with Crippen LogP contribution in [0.25, 0.3) is 0 Å². The highest BCUT2D eigenvalue weighted by molar-refractivity contribution is 5.81. The monoisotopic (exact) mass is 228 g/mol. The minimum atomic E-state index is -0.295. The van der Waals surface area contributed by atoms with Crippen LogP contribution in [0.2, 0.25) is 0 Å². The summed E-state index contributed by atoms with van der Waals surface area (Å²) >= 11 is 0. The van der Waals surface area contributed by atoms with Crippen molar-refractivity contribution in [2.45, 2.75) is 43.9 Å². The summed E-state index contributed by atoms with van der Waals surface area (Å²) in [4.78, 5) is 11.9. The van der Waals surface area contributed by atoms with Crippen molar-refractivity contribution in [3.63, 3.8) is 0 Å². The van der Waals surface area contributed by atoms with Gasteiger partial charge in [-0.1, -0.05) is 0 Å². The number of ether oxygens (including phenoxy) is 2. The van der Waals surface area contributed by atoms with E-state index in [-0.39, 0.29) is 24.2 Å². The molecule has 2 fully saturated rings. The van der Waals surface area contributed by atoms with Crippen LogP contribution in [-0.2, 0) is 14.3 Å². The van der Waals surface area contributed by atoms with Crippen LogP contribution in [-0.4, -0.2) is 43.9 Å². The van der Waals surface area contributed by atoms with Crippen LogP contribution in [0, 0.1) is 0 Å². The molecule has 2 saturated heterocycles. The maximum atomic E-state index is 11.9. The second kappa shape index (κ2) is 5.61. The van der Waals surface area contributed by atoms with Crippen molar-refractivity contribution in [2.24, 2.45) is 5.73 Å². The third-order valence-electron chi connectivity index (χ3n) is 3.23. The van der Waals surface area contributed by atoms with E-state index in [9.17, 15) is 4.79 Å². The van der Waals surface area contributed by atoms with Gasteiger partial charge in [0.05, 0.1) is 6.10 Å². The van der Waals surface area contributed by atoms with Crippen LogP contribution in [0.15, 0.2) is 0 Å². The van der Waals surface area contributed by atoms with Crippen molar-refractivity contribution >= 4 is 5.91 Å². The fraction of sp³-hybridized carbons (Fsp3) is 0.909. The largest absolute Gasteiger partial charge is 0.381 e. The van der Waals surface area contributed by atoms with Crippen LogP contribution in [0.3, 0.4) is 0 Å². The molecule has 0 aromatic carbocycles. The lowest BCUT2D eigenvalue weighted by molar-refractivity contribution is -0.133. The SMILES string of the molecule is NCC1CCC(C(=O)NC2CCOCC2)O1. The van der Waals surface area contributed by atoms with Crippen molar-refractivity contribution in [1.82, 2.24) is 5.32 Å². The van der Waals surface area contributed by atoms with Gasteiger partial charge < -0.3 is 20.5 Å². The van der Waals surface area contributed by atoms with Crippen LogP contribution >= 0.6 is 0 Å². The summed E-state index contributed by atoms with van der Waals surface area (Å²) < 4.78 is 10.8. The summed E-state index contributed by atoms with van der Waals surface area (Å²) in [6, 6.07) is 0.252. The topological polar surface area (TPSA) is 73.6 Å². The van der Waals surface area contributed by atoms with Crippen LogP contribution in [0.4, 0.5) is 0 Å². The summed E-state index contributed by atoms with van der Waals surface area (Å²) in [5.41, 5.74) is 5.51. The Hall–Kier alpha value is -0.650. The first-order valence-electron chi connectivity index (χ1n) is 6.03. The first-order chi connectivity index (χ1) is 7.79. The Morgan fingerprint density at radius 2 is 2.00 bits per heavy atom. The molecule has 0 radical (unpaired) electrons. The van der Waals surface area contributed by atoms with E-state index >= 15 is 0 Å². The van der Waals surface area contributed by atoms with Crippen LogP contribution in [0.5, 0.6) is 0 Å². The van der Waals surface area contributed by atoms with Gasteiger partial charge in [0.15, 0.2) is 0 Å². The Morgan fingerprint density at radius 1 is 1.25 bits per heavy atom. The lowest BCUT2D eigenvalue weighted by Gasteiger charge is -2.24. The molecule has 2 aliphatic heterocycles. The van der Waals surface area contributed by atoms with Crippen LogP contribution in [0.1, 0.15) is 25.7 Å². The highest BCUT2D eigenvalue weighted by Gasteiger charge is 2.31. The first kappa shape index (κ1) is 11.8. The number of carbonyl (C=O) groups excluding carboxylic acids is 1. The molecule has 92 valence electrons. The quantitative estimate of drug-likeness (QED) is 0.701. The molecule has 0 aromatic heterocycles. The van der Waals surface area contributed by atoms with Gasteiger partial charge in [-0.05, 0) is 25.7 Å². The summed E-state index contributed by atoms with van der Waals surface area (Å²) in [6.45, 7) is 1.98. The van der Waals surface area contributed by atoms with Gasteiger partial charge in [-0.3, -0.25) is 4.79 Å². The predicted molar refractivity (Wildman–Crippen MR) is 58.9 cm³/mol. The van der Waals surface area contributed by atoms with Crippen LogP contribution < -0.4 is 11.1 Å². The Kier molecular flexibility index (Phi) is 4.15. The fourth-order valence-electron chi connectivity index (χ4n) is 2.21. The van der Waals surface area contributed by atoms with Gasteiger partial charge in [-0.25, -0.2) is 0 Å². The molecule has 0 aliphatic carbocycles. The summed E-state index contributed by atoms with van der Waals surface area (Å²) in [5.74, 6) is 0.0165. The molecule has 0 aromatic rings. The molecule has 16 heavy (non-hydrogen) atoms. The molecule has 3 N–H and O–H groups in total. The van der Waals surface area contributed by atoms with E-state index in [1.807, 2.05) is 0 Å². The van der Waals surface area contributed by atoms with Crippen molar-refractivity contribution in [3.8, 4) is 0 Å². The number of hydrogen-bond acceptors (Lipinski definition) is 4. The molecule has 0 saturated carbocycles. The van der Waals surface area contributed by atoms with E-state index in [1.54, 1.807) is 0 Å². The van der Waals surface area contributed by atoms with E-state index in [0.29, 0.717) is 6.54 Å². The first-order valence-corrected chi connectivity index (χ1v) is 6.03. The minimum Gasteiger partial charge on any atom is -0.381 e. The number of amides is 1. The number of hydrogen-bond donors (Lipinski definition) is 2. The zero-order valence-corrected chi connectivity index (χ0v) is 9.48. The van der Waals surface area contributed by atoms with Gasteiger partial charge in [-0.15, -0.1) is 0 Å². The smallest absolute Gasteiger partial charge is 0.249 e. The van der Waals surface area contributed by atoms with E-state index in [2.05, 4.69) is 5.32 Å². The van der Waals surface area contributed by atoms with Gasteiger partial charge in [0, 0.05) is 25.8 Å². The number of nitrogens with one attached hydrogen (secondary N) is 1. The van der Waals surface area contributed by atoms with Crippen molar-refractivity contribution in [2.75, 3.05) is 19.8 Å². The lowest BCUT2D eigenvalue weighted by Crippen LogP contribution is -2.44. The van der Waals surface area contributed by atoms with Gasteiger partial charge in [-0.2, -0.15) is 0 Å². The van der Waals surface area contributed by atoms with E-state index in [0.717, 1.165) is 38.9 Å². The Balaban J connectivity index is 1.75. The molecular weight excluding hydrogens is 208 g/mol. The minimum absolute atomic E-state index is 0.0165. The molecule has 5 heteroatoms.